The van der Waals surface area contributed by atoms with E-state index in [0.717, 1.165) is 19.4 Å². The summed E-state index contributed by atoms with van der Waals surface area (Å²) >= 11 is 0. The Labute approximate surface area is 105 Å². The summed E-state index contributed by atoms with van der Waals surface area (Å²) in [6.07, 6.45) is 2.90. The van der Waals surface area contributed by atoms with Gasteiger partial charge in [0.1, 0.15) is 0 Å². The predicted molar refractivity (Wildman–Crippen MR) is 62.2 cm³/mol. The summed E-state index contributed by atoms with van der Waals surface area (Å²) < 4.78 is 10.6. The van der Waals surface area contributed by atoms with Crippen LogP contribution in [0.25, 0.3) is 0 Å². The molecular weight excluding hydrogens is 236 g/mol. The molecule has 0 radical (unpaired) electrons. The minimum atomic E-state index is -0.860. The van der Waals surface area contributed by atoms with Crippen molar-refractivity contribution in [2.75, 3.05) is 6.61 Å². The first kappa shape index (κ1) is 13.0. The number of ether oxygens (including phenoxy) is 1. The van der Waals surface area contributed by atoms with Crippen LogP contribution in [0.5, 0.6) is 0 Å². The maximum atomic E-state index is 10.9. The molecule has 1 N–H and O–H groups in total. The fraction of sp³-hybridized carbons (Fsp3) is 0.750. The van der Waals surface area contributed by atoms with Gasteiger partial charge in [-0.3, -0.25) is 4.79 Å². The normalized spacial score (nSPS) is 22.9. The molecule has 1 fully saturated rings. The molecule has 2 heterocycles. The zero-order valence-electron chi connectivity index (χ0n) is 10.6. The average molecular weight is 254 g/mol. The third-order valence-corrected chi connectivity index (χ3v) is 3.45. The fourth-order valence-corrected chi connectivity index (χ4v) is 1.97. The van der Waals surface area contributed by atoms with Gasteiger partial charge in [0.05, 0.1) is 12.0 Å². The van der Waals surface area contributed by atoms with E-state index in [1.165, 1.54) is 0 Å². The van der Waals surface area contributed by atoms with Crippen LogP contribution in [0.3, 0.4) is 0 Å². The molecule has 1 aliphatic rings. The Bertz CT molecular complexity index is 412. The van der Waals surface area contributed by atoms with Crippen LogP contribution in [0.15, 0.2) is 4.52 Å². The zero-order valence-corrected chi connectivity index (χ0v) is 10.6. The van der Waals surface area contributed by atoms with Gasteiger partial charge in [-0.15, -0.1) is 0 Å². The zero-order chi connectivity index (χ0) is 13.1. The Kier molecular flexibility index (Phi) is 3.96. The van der Waals surface area contributed by atoms with E-state index in [2.05, 4.69) is 10.1 Å². The Balaban J connectivity index is 1.98. The van der Waals surface area contributed by atoms with Crippen molar-refractivity contribution in [3.8, 4) is 0 Å². The molecule has 3 unspecified atom stereocenters. The summed E-state index contributed by atoms with van der Waals surface area (Å²) in [4.78, 5) is 15.1. The molecule has 0 aromatic carbocycles. The van der Waals surface area contributed by atoms with Gasteiger partial charge >= 0.3 is 5.97 Å². The van der Waals surface area contributed by atoms with E-state index in [0.29, 0.717) is 18.1 Å². The number of nitrogens with zero attached hydrogens (tertiary/aromatic N) is 2. The van der Waals surface area contributed by atoms with E-state index in [9.17, 15) is 4.79 Å². The van der Waals surface area contributed by atoms with E-state index in [4.69, 9.17) is 14.4 Å². The molecule has 0 aliphatic carbocycles. The van der Waals surface area contributed by atoms with Gasteiger partial charge < -0.3 is 14.4 Å². The Morgan fingerprint density at radius 3 is 2.94 bits per heavy atom. The van der Waals surface area contributed by atoms with Gasteiger partial charge in [-0.2, -0.15) is 4.98 Å². The van der Waals surface area contributed by atoms with Gasteiger partial charge in [0.15, 0.2) is 5.82 Å². The minimum Gasteiger partial charge on any atom is -0.481 e. The van der Waals surface area contributed by atoms with Crippen LogP contribution in [-0.4, -0.2) is 33.9 Å². The summed E-state index contributed by atoms with van der Waals surface area (Å²) in [7, 11) is 0. The van der Waals surface area contributed by atoms with Gasteiger partial charge in [0.2, 0.25) is 5.89 Å². The SMILES string of the molecule is CC(C(=O)O)C(C)c1nc(CC2CCCO2)no1. The quantitative estimate of drug-likeness (QED) is 0.859. The maximum absolute atomic E-state index is 10.9. The van der Waals surface area contributed by atoms with Crippen LogP contribution in [-0.2, 0) is 16.0 Å². The first-order valence-corrected chi connectivity index (χ1v) is 6.25. The Hall–Kier alpha value is -1.43. The lowest BCUT2D eigenvalue weighted by Crippen LogP contribution is -2.17. The van der Waals surface area contributed by atoms with Gasteiger partial charge in [0.25, 0.3) is 0 Å². The van der Waals surface area contributed by atoms with Crippen molar-refractivity contribution in [2.45, 2.75) is 45.1 Å². The molecule has 18 heavy (non-hydrogen) atoms. The van der Waals surface area contributed by atoms with Crippen LogP contribution in [0.2, 0.25) is 0 Å². The van der Waals surface area contributed by atoms with Crippen molar-refractivity contribution in [1.29, 1.82) is 0 Å². The molecule has 1 aromatic rings. The first-order chi connectivity index (χ1) is 8.58. The van der Waals surface area contributed by atoms with E-state index in [1.54, 1.807) is 13.8 Å². The summed E-state index contributed by atoms with van der Waals surface area (Å²) in [6, 6.07) is 0. The number of aromatic nitrogens is 2. The standard InChI is InChI=1S/C12H18N2O4/c1-7(8(2)12(15)16)11-13-10(14-18-11)6-9-4-3-5-17-9/h7-9H,3-6H2,1-2H3,(H,15,16). The monoisotopic (exact) mass is 254 g/mol. The molecule has 6 heteroatoms. The number of rotatable bonds is 5. The number of hydrogen-bond acceptors (Lipinski definition) is 5. The number of aliphatic carboxylic acids is 1. The van der Waals surface area contributed by atoms with E-state index < -0.39 is 11.9 Å². The van der Waals surface area contributed by atoms with Gasteiger partial charge in [-0.25, -0.2) is 0 Å². The van der Waals surface area contributed by atoms with Crippen molar-refractivity contribution >= 4 is 5.97 Å². The lowest BCUT2D eigenvalue weighted by molar-refractivity contribution is -0.141. The average Bonchev–Trinajstić information content (AvgIpc) is 2.99. The number of carboxylic acid groups (broad SMARTS) is 1. The van der Waals surface area contributed by atoms with Crippen LogP contribution in [0.4, 0.5) is 0 Å². The van der Waals surface area contributed by atoms with Crippen molar-refractivity contribution in [3.63, 3.8) is 0 Å². The molecule has 0 bridgehead atoms. The highest BCUT2D eigenvalue weighted by Crippen LogP contribution is 2.23. The van der Waals surface area contributed by atoms with Crippen LogP contribution in [0, 0.1) is 5.92 Å². The van der Waals surface area contributed by atoms with Gasteiger partial charge in [-0.05, 0) is 12.8 Å². The highest BCUT2D eigenvalue weighted by atomic mass is 16.5. The molecule has 1 aliphatic heterocycles. The lowest BCUT2D eigenvalue weighted by Gasteiger charge is -2.10. The summed E-state index contributed by atoms with van der Waals surface area (Å²) in [6.45, 7) is 4.21. The third-order valence-electron chi connectivity index (χ3n) is 3.45. The molecular formula is C12H18N2O4. The van der Waals surface area contributed by atoms with Gasteiger partial charge in [0, 0.05) is 18.9 Å². The maximum Gasteiger partial charge on any atom is 0.307 e. The highest BCUT2D eigenvalue weighted by Gasteiger charge is 2.26. The molecule has 6 nitrogen and oxygen atoms in total. The summed E-state index contributed by atoms with van der Waals surface area (Å²) in [5.41, 5.74) is 0. The molecule has 0 spiro atoms. The fourth-order valence-electron chi connectivity index (χ4n) is 1.97. The van der Waals surface area contributed by atoms with Crippen molar-refractivity contribution in [2.24, 2.45) is 5.92 Å². The van der Waals surface area contributed by atoms with Crippen molar-refractivity contribution in [1.82, 2.24) is 10.1 Å². The second-order valence-electron chi connectivity index (χ2n) is 4.80. The second kappa shape index (κ2) is 5.48. The second-order valence-corrected chi connectivity index (χ2v) is 4.80. The van der Waals surface area contributed by atoms with Crippen LogP contribution < -0.4 is 0 Å². The molecule has 0 saturated carbocycles. The third kappa shape index (κ3) is 2.87. The smallest absolute Gasteiger partial charge is 0.307 e. The van der Waals surface area contributed by atoms with Gasteiger partial charge in [-0.1, -0.05) is 19.0 Å². The van der Waals surface area contributed by atoms with Crippen molar-refractivity contribution in [3.05, 3.63) is 11.7 Å². The largest absolute Gasteiger partial charge is 0.481 e. The molecule has 100 valence electrons. The molecule has 1 saturated heterocycles. The van der Waals surface area contributed by atoms with E-state index in [-0.39, 0.29) is 12.0 Å². The predicted octanol–water partition coefficient (Wildman–Crippen LogP) is 1.62. The summed E-state index contributed by atoms with van der Waals surface area (Å²) in [5.74, 6) is -0.699. The number of hydrogen-bond donors (Lipinski definition) is 1. The lowest BCUT2D eigenvalue weighted by atomic mass is 9.96. The molecule has 0 amide bonds. The molecule has 1 aromatic heterocycles. The summed E-state index contributed by atoms with van der Waals surface area (Å²) in [5, 5.41) is 12.8. The Morgan fingerprint density at radius 1 is 1.56 bits per heavy atom. The van der Waals surface area contributed by atoms with Crippen LogP contribution in [0.1, 0.15) is 44.3 Å². The topological polar surface area (TPSA) is 85.5 Å². The molecule has 2 rings (SSSR count). The van der Waals surface area contributed by atoms with Crippen molar-refractivity contribution < 1.29 is 19.2 Å². The number of carboxylic acids is 1. The molecule has 3 atom stereocenters. The first-order valence-electron chi connectivity index (χ1n) is 6.25. The van der Waals surface area contributed by atoms with Crippen LogP contribution >= 0.6 is 0 Å². The number of carbonyl (C=O) groups is 1. The van der Waals surface area contributed by atoms with E-state index in [1.807, 2.05) is 0 Å². The Morgan fingerprint density at radius 2 is 2.33 bits per heavy atom. The highest BCUT2D eigenvalue weighted by molar-refractivity contribution is 5.70. The van der Waals surface area contributed by atoms with E-state index >= 15 is 0 Å². The minimum absolute atomic E-state index is 0.169.